The molecule has 3 rings (SSSR count). The highest BCUT2D eigenvalue weighted by molar-refractivity contribution is 6.74. The molecule has 1 N–H and O–H groups in total. The molecule has 3 aromatic rings. The third kappa shape index (κ3) is 11.6. The third-order valence-corrected chi connectivity index (χ3v) is 14.0. The molecule has 0 saturated heterocycles. The number of ether oxygens (including phenoxy) is 4. The lowest BCUT2D eigenvalue weighted by atomic mass is 10.1. The van der Waals surface area contributed by atoms with Crippen molar-refractivity contribution in [1.29, 1.82) is 0 Å². The molecule has 0 aliphatic heterocycles. The smallest absolute Gasteiger partial charge is 0.423 e. The number of hydrogen-bond donors (Lipinski definition) is 1. The summed E-state index contributed by atoms with van der Waals surface area (Å²) >= 11 is 13.4. The predicted octanol–water partition coefficient (Wildman–Crippen LogP) is 10.5. The summed E-state index contributed by atoms with van der Waals surface area (Å²) in [6, 6.07) is 6.76. The number of carbonyl (C=O) groups is 4. The monoisotopic (exact) mass is 860 g/mol. The van der Waals surface area contributed by atoms with Crippen molar-refractivity contribution in [3.63, 3.8) is 0 Å². The molecule has 0 fully saturated rings. The van der Waals surface area contributed by atoms with E-state index < -0.39 is 43.6 Å². The Labute approximate surface area is 351 Å². The van der Waals surface area contributed by atoms with Crippen molar-refractivity contribution in [1.82, 2.24) is 9.97 Å². The molecule has 5 amide bonds. The minimum Gasteiger partial charge on any atom is -0.495 e. The average molecular weight is 862 g/mol. The van der Waals surface area contributed by atoms with Gasteiger partial charge in [-0.15, -0.1) is 0 Å². The summed E-state index contributed by atoms with van der Waals surface area (Å²) in [4.78, 5) is 66.7. The molecule has 2 aromatic carbocycles. The van der Waals surface area contributed by atoms with Crippen LogP contribution in [0, 0.1) is 0 Å². The van der Waals surface area contributed by atoms with E-state index in [1.165, 1.54) is 33.4 Å². The Morgan fingerprint density at radius 1 is 0.828 bits per heavy atom. The van der Waals surface area contributed by atoms with E-state index in [0.29, 0.717) is 4.90 Å². The number of benzene rings is 2. The SMILES string of the molecule is C=CC(=O)Nc1cc(CO[Si](C)(C)C(C)(C)C)ccc1N(C(=O)OC(C)(C)C)c1cc(N(C)C(=O)N(C(=O)OC(C)(C)C)c2c(Cl)c(OC)cc(OC)c2Cl)ncn1. The summed E-state index contributed by atoms with van der Waals surface area (Å²) in [6.07, 6.45) is 0.203. The Morgan fingerprint density at radius 2 is 1.36 bits per heavy atom. The maximum atomic E-state index is 14.5. The van der Waals surface area contributed by atoms with Crippen molar-refractivity contribution in [2.24, 2.45) is 0 Å². The molecule has 15 nitrogen and oxygen atoms in total. The highest BCUT2D eigenvalue weighted by Gasteiger charge is 2.39. The fourth-order valence-electron chi connectivity index (χ4n) is 4.79. The van der Waals surface area contributed by atoms with Gasteiger partial charge >= 0.3 is 18.2 Å². The number of amides is 5. The second-order valence-electron chi connectivity index (χ2n) is 16.6. The van der Waals surface area contributed by atoms with Crippen LogP contribution < -0.4 is 29.5 Å². The topological polar surface area (TPSA) is 162 Å². The van der Waals surface area contributed by atoms with Gasteiger partial charge in [0, 0.05) is 19.2 Å². The zero-order chi connectivity index (χ0) is 44.1. The van der Waals surface area contributed by atoms with Crippen molar-refractivity contribution >= 4 is 84.3 Å². The van der Waals surface area contributed by atoms with E-state index in [-0.39, 0.29) is 61.9 Å². The largest absolute Gasteiger partial charge is 0.495 e. The van der Waals surface area contributed by atoms with Crippen LogP contribution in [0.3, 0.4) is 0 Å². The molecule has 0 saturated carbocycles. The molecule has 0 unspecified atom stereocenters. The molecule has 0 atom stereocenters. The molecule has 0 aliphatic carbocycles. The molecule has 58 heavy (non-hydrogen) atoms. The summed E-state index contributed by atoms with van der Waals surface area (Å²) in [5.74, 6) is -0.598. The standard InChI is InChI=1S/C40H54Cl2N6O9Si/c1-16-31(49)45-25-19-24(22-55-58(14,15)40(8,9)10)17-18-26(25)47(36(51)56-38(2,3)4)30-21-29(43-23-44-30)46(11)35(50)48(37(52)57-39(5,6)7)34-32(41)27(53-12)20-28(54-13)33(34)42/h16-21,23H,1,22H2,2-15H3,(H,45,49). The van der Waals surface area contributed by atoms with Gasteiger partial charge in [0.15, 0.2) is 8.32 Å². The van der Waals surface area contributed by atoms with Crippen molar-refractivity contribution in [2.75, 3.05) is 41.3 Å². The summed E-state index contributed by atoms with van der Waals surface area (Å²) < 4.78 is 28.7. The first-order valence-electron chi connectivity index (χ1n) is 18.1. The Hall–Kier alpha value is -4.90. The number of nitrogens with zero attached hydrogens (tertiary/aromatic N) is 5. The number of anilines is 5. The minimum absolute atomic E-state index is 0.0520. The van der Waals surface area contributed by atoms with E-state index >= 15 is 0 Å². The van der Waals surface area contributed by atoms with E-state index in [1.54, 1.807) is 59.7 Å². The van der Waals surface area contributed by atoms with E-state index in [0.717, 1.165) is 27.8 Å². The Morgan fingerprint density at radius 3 is 1.86 bits per heavy atom. The van der Waals surface area contributed by atoms with Crippen LogP contribution >= 0.6 is 23.2 Å². The quantitative estimate of drug-likeness (QED) is 0.144. The van der Waals surface area contributed by atoms with Gasteiger partial charge in [0.1, 0.15) is 56.4 Å². The summed E-state index contributed by atoms with van der Waals surface area (Å²) in [5, 5.41) is 2.36. The molecule has 18 heteroatoms. The van der Waals surface area contributed by atoms with Crippen LogP contribution in [-0.2, 0) is 25.3 Å². The van der Waals surface area contributed by atoms with E-state index in [4.69, 9.17) is 46.6 Å². The molecule has 1 heterocycles. The Kier molecular flexibility index (Phi) is 15.0. The maximum Gasteiger partial charge on any atom is 0.423 e. The predicted molar refractivity (Wildman–Crippen MR) is 230 cm³/mol. The Balaban J connectivity index is 2.25. The second kappa shape index (κ2) is 18.3. The van der Waals surface area contributed by atoms with E-state index in [1.807, 2.05) is 0 Å². The van der Waals surface area contributed by atoms with Gasteiger partial charge in [0.2, 0.25) is 5.91 Å². The number of halogens is 2. The highest BCUT2D eigenvalue weighted by Crippen LogP contribution is 2.47. The number of imide groups is 1. The minimum atomic E-state index is -2.17. The zero-order valence-electron chi connectivity index (χ0n) is 35.6. The van der Waals surface area contributed by atoms with Gasteiger partial charge in [-0.1, -0.05) is 56.6 Å². The molecular formula is C40H54Cl2N6O9Si. The van der Waals surface area contributed by atoms with Gasteiger partial charge in [-0.3, -0.25) is 9.69 Å². The number of urea groups is 1. The Bertz CT molecular complexity index is 2020. The molecular weight excluding hydrogens is 807 g/mol. The van der Waals surface area contributed by atoms with Gasteiger partial charge in [-0.2, -0.15) is 4.90 Å². The number of methoxy groups -OCH3 is 2. The van der Waals surface area contributed by atoms with Crippen LogP contribution in [0.25, 0.3) is 0 Å². The van der Waals surface area contributed by atoms with Gasteiger partial charge in [0.05, 0.1) is 32.2 Å². The molecule has 0 radical (unpaired) electrons. The van der Waals surface area contributed by atoms with Gasteiger partial charge in [-0.05, 0) is 83.4 Å². The summed E-state index contributed by atoms with van der Waals surface area (Å²) in [6.45, 7) is 24.4. The molecule has 316 valence electrons. The van der Waals surface area contributed by atoms with Crippen LogP contribution in [0.15, 0.2) is 49.3 Å². The van der Waals surface area contributed by atoms with Gasteiger partial charge in [0.25, 0.3) is 0 Å². The highest BCUT2D eigenvalue weighted by atomic mass is 35.5. The maximum absolute atomic E-state index is 14.5. The van der Waals surface area contributed by atoms with Gasteiger partial charge < -0.3 is 28.7 Å². The second-order valence-corrected chi connectivity index (χ2v) is 22.1. The molecule has 0 aliphatic rings. The summed E-state index contributed by atoms with van der Waals surface area (Å²) in [5.41, 5.74) is -1.21. The van der Waals surface area contributed by atoms with Crippen molar-refractivity contribution in [3.05, 3.63) is 64.9 Å². The van der Waals surface area contributed by atoms with Crippen molar-refractivity contribution in [2.45, 2.75) is 98.3 Å². The first kappa shape index (κ1) is 47.5. The average Bonchev–Trinajstić information content (AvgIpc) is 3.11. The third-order valence-electron chi connectivity index (χ3n) is 8.77. The molecule has 1 aromatic heterocycles. The first-order chi connectivity index (χ1) is 26.7. The van der Waals surface area contributed by atoms with Crippen LogP contribution in [0.4, 0.5) is 43.1 Å². The number of hydrogen-bond acceptors (Lipinski definition) is 11. The van der Waals surface area contributed by atoms with Crippen molar-refractivity contribution in [3.8, 4) is 11.5 Å². The fraction of sp³-hybridized carbons (Fsp3) is 0.450. The van der Waals surface area contributed by atoms with E-state index in [9.17, 15) is 19.2 Å². The van der Waals surface area contributed by atoms with Gasteiger partial charge in [-0.25, -0.2) is 29.3 Å². The number of rotatable bonds is 11. The lowest BCUT2D eigenvalue weighted by Gasteiger charge is -2.36. The lowest BCUT2D eigenvalue weighted by Crippen LogP contribution is -2.48. The fourth-order valence-corrected chi connectivity index (χ4v) is 6.42. The van der Waals surface area contributed by atoms with E-state index in [2.05, 4.69) is 55.7 Å². The first-order valence-corrected chi connectivity index (χ1v) is 21.8. The molecule has 0 bridgehead atoms. The van der Waals surface area contributed by atoms with Crippen LogP contribution in [0.5, 0.6) is 11.5 Å². The number of aromatic nitrogens is 2. The zero-order valence-corrected chi connectivity index (χ0v) is 38.1. The van der Waals surface area contributed by atoms with Crippen LogP contribution in [-0.4, -0.2) is 74.9 Å². The van der Waals surface area contributed by atoms with Crippen molar-refractivity contribution < 1.29 is 42.6 Å². The van der Waals surface area contributed by atoms with Crippen LogP contribution in [0.1, 0.15) is 67.9 Å². The number of nitrogens with one attached hydrogen (secondary N) is 1. The molecule has 0 spiro atoms. The summed E-state index contributed by atoms with van der Waals surface area (Å²) in [7, 11) is 1.85. The lowest BCUT2D eigenvalue weighted by molar-refractivity contribution is -0.111. The van der Waals surface area contributed by atoms with Crippen LogP contribution in [0.2, 0.25) is 28.2 Å². The normalized spacial score (nSPS) is 11.9. The number of carbonyl (C=O) groups excluding carboxylic acids is 4.